The molecule has 1 aliphatic rings. The monoisotopic (exact) mass is 380 g/mol. The molecule has 2 aromatic carbocycles. The molecule has 0 bridgehead atoms. The first-order valence-electron chi connectivity index (χ1n) is 9.39. The summed E-state index contributed by atoms with van der Waals surface area (Å²) in [5.74, 6) is -1.55. The van der Waals surface area contributed by atoms with Gasteiger partial charge in [-0.1, -0.05) is 36.4 Å². The second-order valence-corrected chi connectivity index (χ2v) is 6.95. The second-order valence-electron chi connectivity index (χ2n) is 6.95. The van der Waals surface area contributed by atoms with Gasteiger partial charge >= 0.3 is 0 Å². The number of carbonyl (C=O) groups is 2. The fourth-order valence-electron chi connectivity index (χ4n) is 3.58. The Morgan fingerprint density at radius 3 is 2.71 bits per heavy atom. The minimum atomic E-state index is -0.649. The highest BCUT2D eigenvalue weighted by atomic mass is 19.1. The molecule has 0 spiro atoms. The molecule has 144 valence electrons. The summed E-state index contributed by atoms with van der Waals surface area (Å²) in [6.07, 6.45) is 3.46. The molecule has 1 aliphatic heterocycles. The van der Waals surface area contributed by atoms with Gasteiger partial charge in [0.25, 0.3) is 11.7 Å². The van der Waals surface area contributed by atoms with E-state index in [2.05, 4.69) is 5.32 Å². The van der Waals surface area contributed by atoms with E-state index in [1.165, 1.54) is 6.07 Å². The average Bonchev–Trinajstić information content (AvgIpc) is 3.36. The van der Waals surface area contributed by atoms with Gasteiger partial charge in [0.2, 0.25) is 0 Å². The number of hydrogen-bond donors (Lipinski definition) is 1. The van der Waals surface area contributed by atoms with Crippen molar-refractivity contribution in [1.29, 1.82) is 0 Å². The van der Waals surface area contributed by atoms with Crippen molar-refractivity contribution in [2.75, 3.05) is 13.2 Å². The summed E-state index contributed by atoms with van der Waals surface area (Å²) in [5.41, 5.74) is 1.61. The fraction of sp³-hybridized carbons (Fsp3) is 0.273. The van der Waals surface area contributed by atoms with Crippen LogP contribution >= 0.6 is 0 Å². The standard InChI is InChI=1S/C22H21FN2O3/c23-19-9-3-1-6-15(19)13-25-14-18(17-8-2-4-10-20(17)25)21(26)22(27)24-12-16-7-5-11-28-16/h1-4,6,8-10,14,16H,5,7,11-13H2,(H,24,27). The largest absolute Gasteiger partial charge is 0.376 e. The smallest absolute Gasteiger partial charge is 0.292 e. The highest BCUT2D eigenvalue weighted by molar-refractivity contribution is 6.45. The quantitative estimate of drug-likeness (QED) is 0.527. The third-order valence-corrected chi connectivity index (χ3v) is 5.05. The van der Waals surface area contributed by atoms with Crippen molar-refractivity contribution < 1.29 is 18.7 Å². The zero-order chi connectivity index (χ0) is 19.5. The Kier molecular flexibility index (Phi) is 5.21. The second kappa shape index (κ2) is 7.94. The maximum absolute atomic E-state index is 14.1. The molecule has 1 fully saturated rings. The van der Waals surface area contributed by atoms with Crippen molar-refractivity contribution in [1.82, 2.24) is 9.88 Å². The molecule has 1 amide bonds. The van der Waals surface area contributed by atoms with Gasteiger partial charge in [0.1, 0.15) is 5.82 Å². The molecule has 1 atom stereocenters. The third kappa shape index (κ3) is 3.68. The van der Waals surface area contributed by atoms with Gasteiger partial charge in [0.05, 0.1) is 18.2 Å². The molecular formula is C22H21FN2O3. The predicted octanol–water partition coefficient (Wildman–Crippen LogP) is 3.31. The van der Waals surface area contributed by atoms with Crippen molar-refractivity contribution >= 4 is 22.6 Å². The number of nitrogens with zero attached hydrogens (tertiary/aromatic N) is 1. The molecule has 4 rings (SSSR count). The van der Waals surface area contributed by atoms with Crippen LogP contribution in [0.3, 0.4) is 0 Å². The molecule has 1 unspecified atom stereocenters. The lowest BCUT2D eigenvalue weighted by atomic mass is 10.1. The maximum Gasteiger partial charge on any atom is 0.292 e. The minimum Gasteiger partial charge on any atom is -0.376 e. The molecule has 5 nitrogen and oxygen atoms in total. The molecule has 2 heterocycles. The first-order chi connectivity index (χ1) is 13.6. The van der Waals surface area contributed by atoms with Gasteiger partial charge < -0.3 is 14.6 Å². The number of carbonyl (C=O) groups excluding carboxylic acids is 2. The number of fused-ring (bicyclic) bond motifs is 1. The average molecular weight is 380 g/mol. The molecule has 1 N–H and O–H groups in total. The molecule has 0 saturated carbocycles. The van der Waals surface area contributed by atoms with E-state index >= 15 is 0 Å². The van der Waals surface area contributed by atoms with Gasteiger partial charge in [0, 0.05) is 35.8 Å². The number of benzene rings is 2. The van der Waals surface area contributed by atoms with Crippen molar-refractivity contribution in [3.05, 3.63) is 71.7 Å². The molecule has 1 aromatic heterocycles. The Labute approximate surface area is 162 Å². The summed E-state index contributed by atoms with van der Waals surface area (Å²) < 4.78 is 21.3. The highest BCUT2D eigenvalue weighted by Crippen LogP contribution is 2.23. The number of hydrogen-bond acceptors (Lipinski definition) is 3. The Hall–Kier alpha value is -2.99. The lowest BCUT2D eigenvalue weighted by molar-refractivity contribution is -0.117. The molecule has 0 radical (unpaired) electrons. The Morgan fingerprint density at radius 2 is 1.93 bits per heavy atom. The van der Waals surface area contributed by atoms with Gasteiger partial charge in [-0.05, 0) is 25.0 Å². The van der Waals surface area contributed by atoms with E-state index in [1.807, 2.05) is 18.2 Å². The van der Waals surface area contributed by atoms with E-state index in [0.717, 1.165) is 18.4 Å². The van der Waals surface area contributed by atoms with Crippen molar-refractivity contribution in [2.24, 2.45) is 0 Å². The number of aromatic nitrogens is 1. The number of ketones is 1. The van der Waals surface area contributed by atoms with Gasteiger partial charge in [-0.15, -0.1) is 0 Å². The number of rotatable bonds is 6. The van der Waals surface area contributed by atoms with Gasteiger partial charge in [-0.3, -0.25) is 9.59 Å². The number of nitrogens with one attached hydrogen (secondary N) is 1. The minimum absolute atomic E-state index is 0.0286. The van der Waals surface area contributed by atoms with Crippen LogP contribution in [-0.4, -0.2) is 35.5 Å². The van der Waals surface area contributed by atoms with E-state index in [0.29, 0.717) is 29.7 Å². The molecule has 6 heteroatoms. The zero-order valence-corrected chi connectivity index (χ0v) is 15.4. The number of ether oxygens (including phenoxy) is 1. The van der Waals surface area contributed by atoms with E-state index in [-0.39, 0.29) is 18.5 Å². The Balaban J connectivity index is 1.59. The zero-order valence-electron chi connectivity index (χ0n) is 15.4. The van der Waals surface area contributed by atoms with E-state index < -0.39 is 11.7 Å². The topological polar surface area (TPSA) is 60.3 Å². The van der Waals surface area contributed by atoms with Crippen LogP contribution < -0.4 is 5.32 Å². The molecule has 0 aliphatic carbocycles. The number of halogens is 1. The van der Waals surface area contributed by atoms with Crippen LogP contribution in [0.5, 0.6) is 0 Å². The lowest BCUT2D eigenvalue weighted by Gasteiger charge is -2.09. The van der Waals surface area contributed by atoms with Gasteiger partial charge in [0.15, 0.2) is 0 Å². The first-order valence-corrected chi connectivity index (χ1v) is 9.39. The summed E-state index contributed by atoms with van der Waals surface area (Å²) in [7, 11) is 0. The molecule has 1 saturated heterocycles. The number of para-hydroxylation sites is 1. The van der Waals surface area contributed by atoms with Crippen LogP contribution in [0.2, 0.25) is 0 Å². The van der Waals surface area contributed by atoms with Gasteiger partial charge in [-0.25, -0.2) is 4.39 Å². The van der Waals surface area contributed by atoms with Crippen LogP contribution in [0.15, 0.2) is 54.7 Å². The summed E-state index contributed by atoms with van der Waals surface area (Å²) in [6, 6.07) is 13.9. The van der Waals surface area contributed by atoms with E-state index in [1.54, 1.807) is 35.0 Å². The normalized spacial score (nSPS) is 16.4. The highest BCUT2D eigenvalue weighted by Gasteiger charge is 2.23. The maximum atomic E-state index is 14.1. The Bertz CT molecular complexity index is 1020. The van der Waals surface area contributed by atoms with E-state index in [9.17, 15) is 14.0 Å². The van der Waals surface area contributed by atoms with Crippen LogP contribution in [0, 0.1) is 5.82 Å². The van der Waals surface area contributed by atoms with Gasteiger partial charge in [-0.2, -0.15) is 0 Å². The lowest BCUT2D eigenvalue weighted by Crippen LogP contribution is -2.36. The van der Waals surface area contributed by atoms with Crippen LogP contribution in [0.1, 0.15) is 28.8 Å². The van der Waals surface area contributed by atoms with Crippen molar-refractivity contribution in [2.45, 2.75) is 25.5 Å². The Morgan fingerprint density at radius 1 is 1.14 bits per heavy atom. The summed E-state index contributed by atoms with van der Waals surface area (Å²) in [4.78, 5) is 25.1. The first kappa shape index (κ1) is 18.4. The van der Waals surface area contributed by atoms with Crippen LogP contribution in [0.4, 0.5) is 4.39 Å². The predicted molar refractivity (Wildman–Crippen MR) is 104 cm³/mol. The van der Waals surface area contributed by atoms with Crippen molar-refractivity contribution in [3.8, 4) is 0 Å². The van der Waals surface area contributed by atoms with Crippen LogP contribution in [-0.2, 0) is 16.1 Å². The molecular weight excluding hydrogens is 359 g/mol. The molecule has 28 heavy (non-hydrogen) atoms. The van der Waals surface area contributed by atoms with Crippen LogP contribution in [0.25, 0.3) is 10.9 Å². The summed E-state index contributed by atoms with van der Waals surface area (Å²) in [5, 5.41) is 3.35. The van der Waals surface area contributed by atoms with E-state index in [4.69, 9.17) is 4.74 Å². The third-order valence-electron chi connectivity index (χ3n) is 5.05. The fourth-order valence-corrected chi connectivity index (χ4v) is 3.58. The van der Waals surface area contributed by atoms with Crippen molar-refractivity contribution in [3.63, 3.8) is 0 Å². The number of Topliss-reactive ketones (excluding diaryl/α,β-unsaturated/α-hetero) is 1. The summed E-state index contributed by atoms with van der Waals surface area (Å²) >= 11 is 0. The summed E-state index contributed by atoms with van der Waals surface area (Å²) in [6.45, 7) is 1.30. The number of amides is 1. The molecule has 3 aromatic rings. The SMILES string of the molecule is O=C(NCC1CCCO1)C(=O)c1cn(Cc2ccccc2F)c2ccccc12.